The Bertz CT molecular complexity index is 2150. The van der Waals surface area contributed by atoms with Crippen molar-refractivity contribution in [3.8, 4) is 0 Å². The van der Waals surface area contributed by atoms with Crippen molar-refractivity contribution in [3.05, 3.63) is 186 Å². The van der Waals surface area contributed by atoms with Gasteiger partial charge in [0.15, 0.2) is 11.6 Å². The van der Waals surface area contributed by atoms with Crippen molar-refractivity contribution in [2.24, 2.45) is 0 Å². The number of carbonyl (C=O) groups is 2. The molecule has 0 fully saturated rings. The number of benzene rings is 6. The molecule has 6 aromatic carbocycles. The normalized spacial score (nSPS) is 13.2. The molecule has 0 aliphatic carbocycles. The van der Waals surface area contributed by atoms with Crippen molar-refractivity contribution in [1.82, 2.24) is 0 Å². The average molecular weight is 717 g/mol. The van der Waals surface area contributed by atoms with Crippen molar-refractivity contribution in [2.45, 2.75) is 44.2 Å². The van der Waals surface area contributed by atoms with Gasteiger partial charge in [-0.1, -0.05) is 104 Å². The lowest BCUT2D eigenvalue weighted by molar-refractivity contribution is 0.103. The number of hydrogen-bond acceptors (Lipinski definition) is 6. The third-order valence-electron chi connectivity index (χ3n) is 8.06. The molecule has 6 rings (SSSR count). The Morgan fingerprint density at radius 1 is 0.500 bits per heavy atom. The van der Waals surface area contributed by atoms with Gasteiger partial charge in [-0.2, -0.15) is 8.42 Å². The summed E-state index contributed by atoms with van der Waals surface area (Å²) in [6.07, 6.45) is 1.18. The molecule has 1 atom stereocenters. The van der Waals surface area contributed by atoms with Crippen molar-refractivity contribution < 1.29 is 21.6 Å². The van der Waals surface area contributed by atoms with E-state index >= 15 is 0 Å². The highest BCUT2D eigenvalue weighted by atomic mass is 32.3. The van der Waals surface area contributed by atoms with Gasteiger partial charge in [0.2, 0.25) is 0 Å². The highest BCUT2D eigenvalue weighted by Crippen LogP contribution is 2.70. The van der Waals surface area contributed by atoms with Gasteiger partial charge in [0.25, 0.3) is 10.1 Å². The van der Waals surface area contributed by atoms with E-state index in [1.54, 1.807) is 48.2 Å². The van der Waals surface area contributed by atoms with E-state index in [9.17, 15) is 18.0 Å². The molecule has 252 valence electrons. The molecule has 0 aromatic heterocycles. The second-order valence-electron chi connectivity index (χ2n) is 11.6. The summed E-state index contributed by atoms with van der Waals surface area (Å²) in [6, 6.07) is 50.1. The molecule has 5 nitrogen and oxygen atoms in total. The van der Waals surface area contributed by atoms with Gasteiger partial charge in [0.1, 0.15) is 0 Å². The minimum Gasteiger partial charge on any atom is -0.289 e. The van der Waals surface area contributed by atoms with Crippen LogP contribution >= 0.6 is 22.1 Å². The van der Waals surface area contributed by atoms with Gasteiger partial charge in [0, 0.05) is 46.7 Å². The molecular weight excluding hydrogens is 681 g/mol. The molecule has 0 bridgehead atoms. The molecule has 50 heavy (non-hydrogen) atoms. The Kier molecular flexibility index (Phi) is 11.1. The first-order valence-corrected chi connectivity index (χ1v) is 20.2. The molecule has 0 radical (unpaired) electrons. The van der Waals surface area contributed by atoms with Gasteiger partial charge in [-0.05, 0) is 102 Å². The maximum absolute atomic E-state index is 13.7. The van der Waals surface area contributed by atoms with Crippen molar-refractivity contribution in [3.63, 3.8) is 0 Å². The highest BCUT2D eigenvalue weighted by Gasteiger charge is 2.37. The monoisotopic (exact) mass is 716 g/mol. The first-order chi connectivity index (χ1) is 24.3. The van der Waals surface area contributed by atoms with E-state index < -0.39 is 20.4 Å². The second-order valence-corrected chi connectivity index (χ2v) is 17.3. The van der Waals surface area contributed by atoms with E-state index in [4.69, 9.17) is 3.63 Å². The van der Waals surface area contributed by atoms with Crippen molar-refractivity contribution in [2.75, 3.05) is 5.75 Å². The summed E-state index contributed by atoms with van der Waals surface area (Å²) in [4.78, 5) is 30.1. The van der Waals surface area contributed by atoms with Crippen LogP contribution in [0, 0.1) is 0 Å². The summed E-state index contributed by atoms with van der Waals surface area (Å²) in [6.45, 7) is 1.94. The quantitative estimate of drug-likeness (QED) is 0.104. The van der Waals surface area contributed by atoms with E-state index in [2.05, 4.69) is 0 Å². The Morgan fingerprint density at radius 2 is 0.860 bits per heavy atom. The second kappa shape index (κ2) is 15.9. The Hall–Kier alpha value is -4.73. The summed E-state index contributed by atoms with van der Waals surface area (Å²) < 4.78 is 33.8. The predicted octanol–water partition coefficient (Wildman–Crippen LogP) is 10.6. The van der Waals surface area contributed by atoms with Crippen LogP contribution in [0.15, 0.2) is 188 Å². The van der Waals surface area contributed by atoms with Crippen LogP contribution in [0.3, 0.4) is 0 Å². The van der Waals surface area contributed by atoms with E-state index in [0.29, 0.717) is 44.9 Å². The topological polar surface area (TPSA) is 77.5 Å². The standard InChI is InChI=1S/C42H36O5S3/c1-2-3-31-49(45,46)47-50(38-17-11-6-12-18-38,39-27-21-35(22-28-39)42(44)33-15-9-5-10-16-33)40-29-25-37(26-30-40)48-36-23-19-34(20-24-36)41(43)32-13-7-4-8-14-32/h4-30H,2-3,31H2,1H3. The molecule has 0 saturated carbocycles. The zero-order valence-electron chi connectivity index (χ0n) is 27.5. The van der Waals surface area contributed by atoms with Crippen LogP contribution < -0.4 is 0 Å². The summed E-state index contributed by atoms with van der Waals surface area (Å²) >= 11 is 1.54. The smallest absolute Gasteiger partial charge is 0.277 e. The molecule has 0 saturated heterocycles. The number of carbonyl (C=O) groups excluding carboxylic acids is 2. The lowest BCUT2D eigenvalue weighted by Crippen LogP contribution is -2.17. The van der Waals surface area contributed by atoms with Gasteiger partial charge in [-0.3, -0.25) is 9.59 Å². The third kappa shape index (κ3) is 8.01. The summed E-state index contributed by atoms with van der Waals surface area (Å²) in [5, 5.41) is 0. The van der Waals surface area contributed by atoms with Gasteiger partial charge < -0.3 is 0 Å². The van der Waals surface area contributed by atoms with Crippen LogP contribution in [0.4, 0.5) is 0 Å². The molecule has 0 aliphatic rings. The molecule has 0 aliphatic heterocycles. The van der Waals surface area contributed by atoms with Crippen LogP contribution in [-0.2, 0) is 13.7 Å². The summed E-state index contributed by atoms with van der Waals surface area (Å²) in [7, 11) is -6.77. The van der Waals surface area contributed by atoms with Crippen molar-refractivity contribution in [1.29, 1.82) is 0 Å². The minimum atomic E-state index is -3.97. The highest BCUT2D eigenvalue weighted by molar-refractivity contribution is 8.33. The van der Waals surface area contributed by atoms with E-state index in [-0.39, 0.29) is 17.3 Å². The molecule has 0 spiro atoms. The van der Waals surface area contributed by atoms with Crippen LogP contribution in [0.25, 0.3) is 0 Å². The van der Waals surface area contributed by atoms with Crippen LogP contribution in [0.2, 0.25) is 0 Å². The molecule has 0 heterocycles. The zero-order chi connectivity index (χ0) is 35.0. The van der Waals surface area contributed by atoms with E-state index in [1.807, 2.05) is 134 Å². The number of hydrogen-bond donors (Lipinski definition) is 0. The third-order valence-corrected chi connectivity index (χ3v) is 14.3. The molecule has 0 amide bonds. The Morgan fingerprint density at radius 3 is 1.32 bits per heavy atom. The maximum atomic E-state index is 13.7. The lowest BCUT2D eigenvalue weighted by atomic mass is 10.0. The number of rotatable bonds is 14. The molecule has 0 N–H and O–H groups in total. The van der Waals surface area contributed by atoms with Gasteiger partial charge >= 0.3 is 0 Å². The van der Waals surface area contributed by atoms with Crippen LogP contribution in [-0.4, -0.2) is 25.7 Å². The minimum absolute atomic E-state index is 0.0296. The molecule has 6 aromatic rings. The van der Waals surface area contributed by atoms with Gasteiger partial charge in [0.05, 0.1) is 5.75 Å². The average Bonchev–Trinajstić information content (AvgIpc) is 3.17. The van der Waals surface area contributed by atoms with Gasteiger partial charge in [-0.25, -0.2) is 3.63 Å². The van der Waals surface area contributed by atoms with Crippen LogP contribution in [0.5, 0.6) is 0 Å². The summed E-state index contributed by atoms with van der Waals surface area (Å²) in [5.74, 6) is -0.252. The first-order valence-electron chi connectivity index (χ1n) is 16.3. The molecule has 1 unspecified atom stereocenters. The molecule has 8 heteroatoms. The van der Waals surface area contributed by atoms with E-state index in [0.717, 1.165) is 14.7 Å². The van der Waals surface area contributed by atoms with Gasteiger partial charge in [-0.15, -0.1) is 0 Å². The number of unbranched alkanes of at least 4 members (excludes halogenated alkanes) is 1. The van der Waals surface area contributed by atoms with E-state index in [1.165, 1.54) is 0 Å². The largest absolute Gasteiger partial charge is 0.289 e. The fraction of sp³-hybridized carbons (Fsp3) is 0.0952. The lowest BCUT2D eigenvalue weighted by Gasteiger charge is -2.39. The SMILES string of the molecule is CCCCS(=O)(=O)OS(c1ccccc1)(c1ccc(Sc2ccc(C(=O)c3ccccc3)cc2)cc1)c1ccc(C(=O)c2ccccc2)cc1. The van der Waals surface area contributed by atoms with Crippen LogP contribution in [0.1, 0.15) is 51.6 Å². The zero-order valence-corrected chi connectivity index (χ0v) is 29.9. The maximum Gasteiger partial charge on any atom is 0.277 e. The fourth-order valence-corrected chi connectivity index (χ4v) is 11.8. The fourth-order valence-electron chi connectivity index (χ4n) is 5.47. The Balaban J connectivity index is 1.36. The summed E-state index contributed by atoms with van der Waals surface area (Å²) in [5.41, 5.74) is 2.33. The molecular formula is C42H36O5S3. The number of ketones is 2. The Labute approximate surface area is 300 Å². The first kappa shape index (κ1) is 35.1. The van der Waals surface area contributed by atoms with Crippen molar-refractivity contribution >= 4 is 43.8 Å². The predicted molar refractivity (Wildman–Crippen MR) is 202 cm³/mol.